The van der Waals surface area contributed by atoms with E-state index in [1.807, 2.05) is 6.07 Å². The number of nitro benzene ring substituents is 1. The van der Waals surface area contributed by atoms with Crippen LogP contribution < -0.4 is 5.73 Å². The van der Waals surface area contributed by atoms with Gasteiger partial charge < -0.3 is 5.73 Å². The molecule has 2 N–H and O–H groups in total. The molecule has 0 unspecified atom stereocenters. The van der Waals surface area contributed by atoms with Gasteiger partial charge in [0.05, 0.1) is 11.0 Å². The van der Waals surface area contributed by atoms with Crippen molar-refractivity contribution in [3.8, 4) is 6.07 Å². The molecule has 0 saturated carbocycles. The number of hydrogen-bond donors (Lipinski definition) is 1. The van der Waals surface area contributed by atoms with E-state index in [9.17, 15) is 18.5 Å². The van der Waals surface area contributed by atoms with Crippen LogP contribution in [0, 0.1) is 21.4 Å². The normalized spacial score (nSPS) is 11.6. The van der Waals surface area contributed by atoms with Gasteiger partial charge in [-0.2, -0.15) is 9.57 Å². The summed E-state index contributed by atoms with van der Waals surface area (Å²) < 4.78 is 26.3. The number of para-hydroxylation sites is 1. The first kappa shape index (κ1) is 16.9. The van der Waals surface area contributed by atoms with Gasteiger partial charge in [0, 0.05) is 19.0 Å². The highest BCUT2D eigenvalue weighted by molar-refractivity contribution is 7.89. The number of benzene rings is 1. The Hall–Kier alpha value is -2.18. The van der Waals surface area contributed by atoms with E-state index in [4.69, 9.17) is 11.0 Å². The van der Waals surface area contributed by atoms with Crippen LogP contribution in [0.4, 0.5) is 11.4 Å². The van der Waals surface area contributed by atoms with Gasteiger partial charge in [-0.15, -0.1) is 0 Å². The van der Waals surface area contributed by atoms with Crippen LogP contribution in [0.25, 0.3) is 0 Å². The molecule has 21 heavy (non-hydrogen) atoms. The maximum Gasteiger partial charge on any atom is 0.312 e. The molecule has 1 rings (SSSR count). The molecule has 0 radical (unpaired) electrons. The van der Waals surface area contributed by atoms with Crippen LogP contribution in [0.5, 0.6) is 0 Å². The fraction of sp³-hybridized carbons (Fsp3) is 0.417. The number of sulfonamides is 1. The minimum absolute atomic E-state index is 0.00643. The molecule has 0 aliphatic rings. The zero-order chi connectivity index (χ0) is 16.2. The van der Waals surface area contributed by atoms with E-state index in [-0.39, 0.29) is 18.7 Å². The van der Waals surface area contributed by atoms with Gasteiger partial charge in [-0.05, 0) is 26.0 Å². The predicted molar refractivity (Wildman–Crippen MR) is 76.8 cm³/mol. The molecule has 0 aliphatic carbocycles. The van der Waals surface area contributed by atoms with E-state index in [1.165, 1.54) is 12.1 Å². The van der Waals surface area contributed by atoms with Crippen molar-refractivity contribution >= 4 is 21.4 Å². The van der Waals surface area contributed by atoms with E-state index >= 15 is 0 Å². The Morgan fingerprint density at radius 3 is 2.57 bits per heavy atom. The highest BCUT2D eigenvalue weighted by atomic mass is 32.2. The number of nitrogens with two attached hydrogens (primary N) is 1. The minimum atomic E-state index is -4.11. The lowest BCUT2D eigenvalue weighted by molar-refractivity contribution is -0.386. The Bertz CT molecular complexity index is 679. The summed E-state index contributed by atoms with van der Waals surface area (Å²) in [5, 5.41) is 19.7. The van der Waals surface area contributed by atoms with Crippen molar-refractivity contribution in [1.29, 1.82) is 5.26 Å². The van der Waals surface area contributed by atoms with E-state index in [2.05, 4.69) is 0 Å². The van der Waals surface area contributed by atoms with Gasteiger partial charge in [-0.1, -0.05) is 6.07 Å². The van der Waals surface area contributed by atoms with Crippen LogP contribution in [-0.2, 0) is 10.0 Å². The molecule has 1 aromatic rings. The summed E-state index contributed by atoms with van der Waals surface area (Å²) in [6.07, 6.45) is -0.00643. The molecule has 0 heterocycles. The highest BCUT2D eigenvalue weighted by Crippen LogP contribution is 2.32. The molecule has 0 fully saturated rings. The maximum atomic E-state index is 12.6. The molecule has 0 bridgehead atoms. The third kappa shape index (κ3) is 3.48. The summed E-state index contributed by atoms with van der Waals surface area (Å²) in [6, 6.07) is 5.18. The third-order valence-electron chi connectivity index (χ3n) is 2.82. The molecule has 0 amide bonds. The zero-order valence-electron chi connectivity index (χ0n) is 11.7. The van der Waals surface area contributed by atoms with Crippen LogP contribution in [0.1, 0.15) is 20.3 Å². The lowest BCUT2D eigenvalue weighted by atomic mass is 10.3. The second-order valence-corrected chi connectivity index (χ2v) is 6.43. The number of hydrogen-bond acceptors (Lipinski definition) is 6. The molecular formula is C12H16N4O4S. The van der Waals surface area contributed by atoms with Crippen molar-refractivity contribution in [2.45, 2.75) is 31.2 Å². The summed E-state index contributed by atoms with van der Waals surface area (Å²) in [5.74, 6) is 0. The van der Waals surface area contributed by atoms with Gasteiger partial charge in [0.15, 0.2) is 4.90 Å². The Labute approximate surface area is 123 Å². The first-order chi connectivity index (χ1) is 9.73. The molecule has 0 spiro atoms. The van der Waals surface area contributed by atoms with Crippen molar-refractivity contribution < 1.29 is 13.3 Å². The second-order valence-electron chi connectivity index (χ2n) is 4.57. The summed E-state index contributed by atoms with van der Waals surface area (Å²) >= 11 is 0. The van der Waals surface area contributed by atoms with Gasteiger partial charge in [0.2, 0.25) is 10.0 Å². The molecule has 0 saturated heterocycles. The van der Waals surface area contributed by atoms with Crippen molar-refractivity contribution in [2.24, 2.45) is 0 Å². The van der Waals surface area contributed by atoms with E-state index in [1.54, 1.807) is 13.8 Å². The van der Waals surface area contributed by atoms with Crippen LogP contribution in [-0.4, -0.2) is 30.2 Å². The second kappa shape index (κ2) is 6.51. The number of rotatable bonds is 6. The first-order valence-corrected chi connectivity index (χ1v) is 7.59. The van der Waals surface area contributed by atoms with Gasteiger partial charge in [-0.3, -0.25) is 10.1 Å². The Morgan fingerprint density at radius 1 is 1.48 bits per heavy atom. The maximum absolute atomic E-state index is 12.6. The van der Waals surface area contributed by atoms with Crippen molar-refractivity contribution in [3.05, 3.63) is 28.3 Å². The molecule has 1 aromatic carbocycles. The van der Waals surface area contributed by atoms with E-state index < -0.39 is 31.6 Å². The van der Waals surface area contributed by atoms with Crippen molar-refractivity contribution in [1.82, 2.24) is 4.31 Å². The molecule has 0 aliphatic heterocycles. The van der Waals surface area contributed by atoms with Gasteiger partial charge in [-0.25, -0.2) is 8.42 Å². The van der Waals surface area contributed by atoms with Crippen molar-refractivity contribution in [2.75, 3.05) is 12.3 Å². The largest absolute Gasteiger partial charge is 0.393 e. The van der Waals surface area contributed by atoms with E-state index in [0.29, 0.717) is 0 Å². The number of nitrogen functional groups attached to an aromatic ring is 1. The number of nitrogens with zero attached hydrogens (tertiary/aromatic N) is 3. The Kier molecular flexibility index (Phi) is 5.23. The molecular weight excluding hydrogens is 296 g/mol. The smallest absolute Gasteiger partial charge is 0.312 e. The van der Waals surface area contributed by atoms with Crippen molar-refractivity contribution in [3.63, 3.8) is 0 Å². The average Bonchev–Trinajstić information content (AvgIpc) is 2.37. The fourth-order valence-electron chi connectivity index (χ4n) is 1.89. The predicted octanol–water partition coefficient (Wildman–Crippen LogP) is 1.49. The molecule has 8 nitrogen and oxygen atoms in total. The third-order valence-corrected chi connectivity index (χ3v) is 4.93. The molecule has 0 aromatic heterocycles. The number of nitriles is 1. The summed E-state index contributed by atoms with van der Waals surface area (Å²) in [6.45, 7) is 3.22. The average molecular weight is 312 g/mol. The highest BCUT2D eigenvalue weighted by Gasteiger charge is 2.34. The minimum Gasteiger partial charge on any atom is -0.393 e. The Balaban J connectivity index is 3.46. The molecule has 0 atom stereocenters. The van der Waals surface area contributed by atoms with Crippen LogP contribution >= 0.6 is 0 Å². The van der Waals surface area contributed by atoms with Crippen LogP contribution in [0.3, 0.4) is 0 Å². The van der Waals surface area contributed by atoms with Gasteiger partial charge in [0.1, 0.15) is 5.69 Å². The summed E-state index contributed by atoms with van der Waals surface area (Å²) in [4.78, 5) is 9.81. The van der Waals surface area contributed by atoms with Crippen LogP contribution in [0.15, 0.2) is 23.1 Å². The topological polar surface area (TPSA) is 130 Å². The SMILES string of the molecule is CC(C)N(CCC#N)S(=O)(=O)c1cccc(N)c1[N+](=O)[O-]. The summed E-state index contributed by atoms with van der Waals surface area (Å²) in [5.41, 5.74) is 4.66. The fourth-order valence-corrected chi connectivity index (χ4v) is 3.71. The van der Waals surface area contributed by atoms with Crippen LogP contribution in [0.2, 0.25) is 0 Å². The number of anilines is 1. The Morgan fingerprint density at radius 2 is 2.10 bits per heavy atom. The lowest BCUT2D eigenvalue weighted by Crippen LogP contribution is -2.37. The van der Waals surface area contributed by atoms with E-state index in [0.717, 1.165) is 10.4 Å². The van der Waals surface area contributed by atoms with Gasteiger partial charge >= 0.3 is 5.69 Å². The summed E-state index contributed by atoms with van der Waals surface area (Å²) in [7, 11) is -4.11. The molecule has 9 heteroatoms. The first-order valence-electron chi connectivity index (χ1n) is 6.15. The monoisotopic (exact) mass is 312 g/mol. The lowest BCUT2D eigenvalue weighted by Gasteiger charge is -2.24. The van der Waals surface area contributed by atoms with Gasteiger partial charge in [0.25, 0.3) is 0 Å². The number of nitro groups is 1. The quantitative estimate of drug-likeness (QED) is 0.481. The molecule has 114 valence electrons. The zero-order valence-corrected chi connectivity index (χ0v) is 12.5. The standard InChI is InChI=1S/C12H16N4O4S/c1-9(2)15(8-4-7-13)21(19,20)11-6-3-5-10(14)12(11)16(17)18/h3,5-6,9H,4,8,14H2,1-2H3.